The fourth-order valence-corrected chi connectivity index (χ4v) is 0.910. The van der Waals surface area contributed by atoms with Crippen LogP contribution in [0.5, 0.6) is 0 Å². The molecule has 2 atom stereocenters. The molecule has 0 aromatic carbocycles. The van der Waals surface area contributed by atoms with E-state index in [0.717, 1.165) is 12.8 Å². The second-order valence-corrected chi connectivity index (χ2v) is 4.87. The van der Waals surface area contributed by atoms with E-state index in [1.165, 1.54) is 13.8 Å². The maximum atomic E-state index is 11.8. The first-order valence-corrected chi connectivity index (χ1v) is 6.17. The van der Waals surface area contributed by atoms with E-state index in [1.807, 2.05) is 13.8 Å². The molecule has 0 N–H and O–H groups in total. The average Bonchev–Trinajstić information content (AvgIpc) is 2.28. The molecule has 0 aliphatic carbocycles. The van der Waals surface area contributed by atoms with Crippen LogP contribution >= 0.6 is 0 Å². The van der Waals surface area contributed by atoms with Crippen molar-refractivity contribution in [1.29, 1.82) is 0 Å². The third-order valence-corrected chi connectivity index (χ3v) is 2.79. The first-order valence-electron chi connectivity index (χ1n) is 6.17. The summed E-state index contributed by atoms with van der Waals surface area (Å²) in [7, 11) is 0. The summed E-state index contributed by atoms with van der Waals surface area (Å²) in [5.74, 6) is -1.06. The second kappa shape index (κ2) is 9.48. The van der Waals surface area contributed by atoms with Crippen LogP contribution in [0.4, 0.5) is 0 Å². The number of ether oxygens (including phenoxy) is 2. The van der Waals surface area contributed by atoms with Gasteiger partial charge in [0.15, 0.2) is 5.41 Å². The molecule has 18 heavy (non-hydrogen) atoms. The van der Waals surface area contributed by atoms with Crippen molar-refractivity contribution in [3.05, 3.63) is 0 Å². The Bertz CT molecular complexity index is 256. The van der Waals surface area contributed by atoms with Gasteiger partial charge in [-0.2, -0.15) is 0 Å². The molecule has 0 spiro atoms. The van der Waals surface area contributed by atoms with E-state index in [2.05, 4.69) is 0 Å². The SMILES string of the molecule is CCC(C)OC(=O)C(C)(C)C(=O)OC(C)CC.[H-].[K+]. The molecular formula is C13H25KO4. The van der Waals surface area contributed by atoms with Crippen LogP contribution in [-0.2, 0) is 19.1 Å². The molecule has 0 saturated heterocycles. The minimum Gasteiger partial charge on any atom is -1.00 e. The summed E-state index contributed by atoms with van der Waals surface area (Å²) in [6.07, 6.45) is 1.08. The van der Waals surface area contributed by atoms with E-state index in [1.54, 1.807) is 13.8 Å². The summed E-state index contributed by atoms with van der Waals surface area (Å²) in [6, 6.07) is 0. The van der Waals surface area contributed by atoms with E-state index in [4.69, 9.17) is 9.47 Å². The van der Waals surface area contributed by atoms with Gasteiger partial charge in [-0.3, -0.25) is 9.59 Å². The second-order valence-electron chi connectivity index (χ2n) is 4.87. The molecule has 0 fully saturated rings. The van der Waals surface area contributed by atoms with Crippen LogP contribution in [0.1, 0.15) is 55.8 Å². The monoisotopic (exact) mass is 284 g/mol. The fourth-order valence-electron chi connectivity index (χ4n) is 0.910. The molecule has 0 radical (unpaired) electrons. The Morgan fingerprint density at radius 2 is 1.28 bits per heavy atom. The van der Waals surface area contributed by atoms with E-state index in [9.17, 15) is 9.59 Å². The third-order valence-electron chi connectivity index (χ3n) is 2.79. The molecule has 0 aromatic heterocycles. The zero-order valence-electron chi connectivity index (χ0n) is 13.7. The fraction of sp³-hybridized carbons (Fsp3) is 0.846. The molecule has 0 heterocycles. The van der Waals surface area contributed by atoms with Crippen molar-refractivity contribution in [1.82, 2.24) is 0 Å². The molecule has 0 aliphatic heterocycles. The van der Waals surface area contributed by atoms with Crippen LogP contribution in [0, 0.1) is 5.41 Å². The Hall–Kier alpha value is 0.576. The van der Waals surface area contributed by atoms with Crippen molar-refractivity contribution in [2.75, 3.05) is 0 Å². The van der Waals surface area contributed by atoms with Gasteiger partial charge in [-0.25, -0.2) is 0 Å². The normalized spacial score (nSPS) is 14.1. The van der Waals surface area contributed by atoms with Crippen LogP contribution in [0.15, 0.2) is 0 Å². The van der Waals surface area contributed by atoms with Gasteiger partial charge in [0.25, 0.3) is 0 Å². The van der Waals surface area contributed by atoms with Gasteiger partial charge in [0.2, 0.25) is 0 Å². The molecular weight excluding hydrogens is 259 g/mol. The maximum absolute atomic E-state index is 11.8. The molecule has 0 rings (SSSR count). The van der Waals surface area contributed by atoms with Crippen molar-refractivity contribution < 1.29 is 71.9 Å². The minimum absolute atomic E-state index is 0. The van der Waals surface area contributed by atoms with Crippen LogP contribution < -0.4 is 51.4 Å². The summed E-state index contributed by atoms with van der Waals surface area (Å²) in [4.78, 5) is 23.6. The van der Waals surface area contributed by atoms with Crippen molar-refractivity contribution >= 4 is 11.9 Å². The van der Waals surface area contributed by atoms with Crippen LogP contribution in [-0.4, -0.2) is 24.1 Å². The Morgan fingerprint density at radius 3 is 1.50 bits per heavy atom. The Balaban J connectivity index is -0.00000128. The standard InChI is InChI=1S/C13H24O4.K.H/c1-7-9(3)16-11(14)13(5,6)12(15)17-10(4)8-2;;/h9-10H,7-8H2,1-6H3;;/q;+1;-1. The minimum atomic E-state index is -1.24. The molecule has 2 unspecified atom stereocenters. The maximum Gasteiger partial charge on any atom is 1.00 e. The average molecular weight is 284 g/mol. The number of hydrogen-bond donors (Lipinski definition) is 0. The van der Waals surface area contributed by atoms with Gasteiger partial charge in [-0.1, -0.05) is 13.8 Å². The van der Waals surface area contributed by atoms with Crippen molar-refractivity contribution in [2.45, 2.75) is 66.6 Å². The smallest absolute Gasteiger partial charge is 1.00 e. The molecule has 102 valence electrons. The van der Waals surface area contributed by atoms with Crippen molar-refractivity contribution in [2.24, 2.45) is 5.41 Å². The first-order chi connectivity index (χ1) is 7.75. The van der Waals surface area contributed by atoms with Crippen molar-refractivity contribution in [3.8, 4) is 0 Å². The van der Waals surface area contributed by atoms with Crippen LogP contribution in [0.25, 0.3) is 0 Å². The summed E-state index contributed by atoms with van der Waals surface area (Å²) in [6.45, 7) is 10.5. The largest absolute Gasteiger partial charge is 1.00 e. The number of rotatable bonds is 6. The summed E-state index contributed by atoms with van der Waals surface area (Å²) >= 11 is 0. The van der Waals surface area contributed by atoms with E-state index < -0.39 is 17.4 Å². The quantitative estimate of drug-likeness (QED) is 0.385. The summed E-state index contributed by atoms with van der Waals surface area (Å²) in [5.41, 5.74) is -1.24. The number of carbonyl (C=O) groups excluding carboxylic acids is 2. The predicted molar refractivity (Wildman–Crippen MR) is 66.6 cm³/mol. The molecule has 0 aliphatic rings. The molecule has 0 bridgehead atoms. The van der Waals surface area contributed by atoms with Gasteiger partial charge in [0, 0.05) is 0 Å². The van der Waals surface area contributed by atoms with Crippen LogP contribution in [0.2, 0.25) is 0 Å². The van der Waals surface area contributed by atoms with Crippen molar-refractivity contribution in [3.63, 3.8) is 0 Å². The zero-order valence-corrected chi connectivity index (χ0v) is 15.8. The number of esters is 2. The van der Waals surface area contributed by atoms with Gasteiger partial charge >= 0.3 is 63.3 Å². The summed E-state index contributed by atoms with van der Waals surface area (Å²) in [5, 5.41) is 0. The van der Waals surface area contributed by atoms with Gasteiger partial charge in [0.05, 0.1) is 12.2 Å². The molecule has 0 amide bonds. The van der Waals surface area contributed by atoms with E-state index in [0.29, 0.717) is 0 Å². The Labute approximate surface area is 154 Å². The van der Waals surface area contributed by atoms with E-state index >= 15 is 0 Å². The third kappa shape index (κ3) is 6.66. The van der Waals surface area contributed by atoms with Crippen LogP contribution in [0.3, 0.4) is 0 Å². The van der Waals surface area contributed by atoms with Gasteiger partial charge in [-0.05, 0) is 40.5 Å². The molecule has 0 saturated carbocycles. The predicted octanol–water partition coefficient (Wildman–Crippen LogP) is -0.187. The topological polar surface area (TPSA) is 52.6 Å². The van der Waals surface area contributed by atoms with Gasteiger partial charge in [0.1, 0.15) is 0 Å². The summed E-state index contributed by atoms with van der Waals surface area (Å²) < 4.78 is 10.3. The first kappa shape index (κ1) is 20.9. The Kier molecular flexibility index (Phi) is 11.0. The molecule has 0 aromatic rings. The molecule has 5 heteroatoms. The van der Waals surface area contributed by atoms with Gasteiger partial charge < -0.3 is 10.9 Å². The Morgan fingerprint density at radius 1 is 1.00 bits per heavy atom. The number of hydrogen-bond acceptors (Lipinski definition) is 4. The zero-order chi connectivity index (χ0) is 13.6. The van der Waals surface area contributed by atoms with Gasteiger partial charge in [-0.15, -0.1) is 0 Å². The van der Waals surface area contributed by atoms with E-state index in [-0.39, 0.29) is 65.0 Å². The number of carbonyl (C=O) groups is 2. The molecule has 4 nitrogen and oxygen atoms in total.